The van der Waals surface area contributed by atoms with Gasteiger partial charge in [-0.15, -0.1) is 0 Å². The Balaban J connectivity index is 2.18. The predicted octanol–water partition coefficient (Wildman–Crippen LogP) is 2.73. The first-order chi connectivity index (χ1) is 11.0. The molecule has 0 heterocycles. The first-order valence-corrected chi connectivity index (χ1v) is 7.55. The van der Waals surface area contributed by atoms with E-state index in [2.05, 4.69) is 5.32 Å². The van der Waals surface area contributed by atoms with Gasteiger partial charge in [0.1, 0.15) is 5.78 Å². The second-order valence-electron chi connectivity index (χ2n) is 5.29. The monoisotopic (exact) mass is 322 g/mol. The zero-order valence-corrected chi connectivity index (χ0v) is 12.9. The zero-order chi connectivity index (χ0) is 17.1. The lowest BCUT2D eigenvalue weighted by atomic mass is 10.0. The van der Waals surface area contributed by atoms with Crippen molar-refractivity contribution in [2.45, 2.75) is 44.9 Å². The molecule has 4 N–H and O–H groups in total. The number of Topliss-reactive ketones (excluding diaryl/α,β-unsaturated/α-hetero) is 1. The fourth-order valence-corrected chi connectivity index (χ4v) is 2.16. The van der Waals surface area contributed by atoms with E-state index in [9.17, 15) is 14.4 Å². The van der Waals surface area contributed by atoms with Crippen LogP contribution in [0.15, 0.2) is 24.3 Å². The van der Waals surface area contributed by atoms with Crippen LogP contribution in [0.1, 0.15) is 44.1 Å². The molecule has 1 rings (SSSR count). The molecule has 0 aliphatic heterocycles. The molecule has 0 bridgehead atoms. The van der Waals surface area contributed by atoms with Gasteiger partial charge < -0.3 is 5.11 Å². The quantitative estimate of drug-likeness (QED) is 0.300. The van der Waals surface area contributed by atoms with Crippen LogP contribution in [0.2, 0.25) is 0 Å². The molecule has 2 amide bonds. The third-order valence-electron chi connectivity index (χ3n) is 3.34. The normalized spacial score (nSPS) is 10.1. The fraction of sp³-hybridized carbons (Fsp3) is 0.438. The highest BCUT2D eigenvalue weighted by Crippen LogP contribution is 2.12. The minimum absolute atomic E-state index is 0.136. The highest BCUT2D eigenvalue weighted by molar-refractivity contribution is 5.83. The molecule has 7 nitrogen and oxygen atoms in total. The van der Waals surface area contributed by atoms with E-state index in [1.807, 2.05) is 0 Å². The molecule has 0 saturated heterocycles. The number of hydrogen-bond donors (Lipinski definition) is 4. The number of anilines is 1. The second kappa shape index (κ2) is 10.3. The molecule has 0 atom stereocenters. The summed E-state index contributed by atoms with van der Waals surface area (Å²) in [7, 11) is 0. The molecular weight excluding hydrogens is 300 g/mol. The van der Waals surface area contributed by atoms with Gasteiger partial charge in [0.15, 0.2) is 0 Å². The van der Waals surface area contributed by atoms with Gasteiger partial charge in [0.25, 0.3) is 0 Å². The number of hydroxylamine groups is 1. The number of unbranched alkanes of at least 4 members (excludes halogenated alkanes) is 3. The molecular formula is C16H22N2O5. The van der Waals surface area contributed by atoms with Crippen molar-refractivity contribution in [3.63, 3.8) is 0 Å². The topological polar surface area (TPSA) is 116 Å². The van der Waals surface area contributed by atoms with Gasteiger partial charge in [-0.05, 0) is 30.5 Å². The highest BCUT2D eigenvalue weighted by Gasteiger charge is 2.05. The van der Waals surface area contributed by atoms with Gasteiger partial charge in [-0.3, -0.25) is 20.1 Å². The Morgan fingerprint density at radius 2 is 1.52 bits per heavy atom. The number of amides is 2. The van der Waals surface area contributed by atoms with Crippen molar-refractivity contribution < 1.29 is 24.7 Å². The van der Waals surface area contributed by atoms with Crippen molar-refractivity contribution in [2.75, 3.05) is 5.32 Å². The highest BCUT2D eigenvalue weighted by atomic mass is 16.5. The summed E-state index contributed by atoms with van der Waals surface area (Å²) < 4.78 is 0. The first kappa shape index (κ1) is 18.6. The lowest BCUT2D eigenvalue weighted by molar-refractivity contribution is -0.129. The van der Waals surface area contributed by atoms with Crippen LogP contribution in [0.4, 0.5) is 10.5 Å². The van der Waals surface area contributed by atoms with Crippen LogP contribution in [0, 0.1) is 0 Å². The number of carbonyl (C=O) groups is 3. The Hall–Kier alpha value is -2.41. The molecule has 0 fully saturated rings. The van der Waals surface area contributed by atoms with E-state index in [0.29, 0.717) is 31.4 Å². The number of nitrogens with one attached hydrogen (secondary N) is 2. The molecule has 0 aromatic heterocycles. The van der Waals surface area contributed by atoms with Gasteiger partial charge in [0.05, 0.1) is 0 Å². The van der Waals surface area contributed by atoms with Gasteiger partial charge in [0.2, 0.25) is 5.91 Å². The second-order valence-corrected chi connectivity index (χ2v) is 5.29. The molecule has 0 radical (unpaired) electrons. The Morgan fingerprint density at radius 3 is 2.09 bits per heavy atom. The van der Waals surface area contributed by atoms with Crippen LogP contribution >= 0.6 is 0 Å². The van der Waals surface area contributed by atoms with Gasteiger partial charge in [-0.25, -0.2) is 10.3 Å². The lowest BCUT2D eigenvalue weighted by Gasteiger charge is -2.04. The van der Waals surface area contributed by atoms with E-state index in [1.54, 1.807) is 29.7 Å². The van der Waals surface area contributed by atoms with Crippen LogP contribution in [0.5, 0.6) is 0 Å². The van der Waals surface area contributed by atoms with E-state index in [1.165, 1.54) is 0 Å². The van der Waals surface area contributed by atoms with Crippen molar-refractivity contribution in [3.05, 3.63) is 29.8 Å². The molecule has 126 valence electrons. The van der Waals surface area contributed by atoms with Gasteiger partial charge in [0, 0.05) is 24.9 Å². The Kier molecular flexibility index (Phi) is 8.38. The largest absolute Gasteiger partial charge is 0.465 e. The maximum Gasteiger partial charge on any atom is 0.409 e. The molecule has 0 aliphatic carbocycles. The zero-order valence-electron chi connectivity index (χ0n) is 12.9. The average molecular weight is 322 g/mol. The van der Waals surface area contributed by atoms with Crippen LogP contribution in [-0.2, 0) is 16.0 Å². The number of carboxylic acid groups (broad SMARTS) is 1. The summed E-state index contributed by atoms with van der Waals surface area (Å²) in [5, 5.41) is 19.2. The van der Waals surface area contributed by atoms with E-state index >= 15 is 0 Å². The Bertz CT molecular complexity index is 528. The summed E-state index contributed by atoms with van der Waals surface area (Å²) in [6.07, 6.45) is 3.17. The van der Waals surface area contributed by atoms with Gasteiger partial charge in [-0.1, -0.05) is 25.0 Å². The van der Waals surface area contributed by atoms with Crippen LogP contribution in [-0.4, -0.2) is 28.1 Å². The molecule has 1 aromatic carbocycles. The maximum absolute atomic E-state index is 11.9. The number of rotatable bonds is 10. The summed E-state index contributed by atoms with van der Waals surface area (Å²) in [6.45, 7) is 0. The summed E-state index contributed by atoms with van der Waals surface area (Å²) in [6, 6.07) is 6.72. The van der Waals surface area contributed by atoms with Gasteiger partial charge >= 0.3 is 6.09 Å². The number of carbonyl (C=O) groups excluding carboxylic acids is 2. The minimum Gasteiger partial charge on any atom is -0.465 e. The predicted molar refractivity (Wildman–Crippen MR) is 84.4 cm³/mol. The van der Waals surface area contributed by atoms with Crippen molar-refractivity contribution in [3.8, 4) is 0 Å². The number of hydrogen-bond acceptors (Lipinski definition) is 4. The third-order valence-corrected chi connectivity index (χ3v) is 3.34. The molecule has 0 spiro atoms. The summed E-state index contributed by atoms with van der Waals surface area (Å²) in [5.74, 6) is -0.251. The minimum atomic E-state index is -1.12. The Morgan fingerprint density at radius 1 is 0.913 bits per heavy atom. The van der Waals surface area contributed by atoms with E-state index in [-0.39, 0.29) is 11.7 Å². The SMILES string of the molecule is O=C(CCCCCCC(=O)NO)Cc1ccc(NC(=O)O)cc1. The molecule has 0 unspecified atom stereocenters. The van der Waals surface area contributed by atoms with Crippen molar-refractivity contribution in [2.24, 2.45) is 0 Å². The molecule has 23 heavy (non-hydrogen) atoms. The van der Waals surface area contributed by atoms with Crippen LogP contribution in [0.25, 0.3) is 0 Å². The van der Waals surface area contributed by atoms with Crippen molar-refractivity contribution in [1.82, 2.24) is 5.48 Å². The lowest BCUT2D eigenvalue weighted by Crippen LogP contribution is -2.17. The maximum atomic E-state index is 11.9. The third kappa shape index (κ3) is 8.57. The molecule has 0 saturated carbocycles. The molecule has 7 heteroatoms. The standard InChI is InChI=1S/C16H22N2O5/c19-14(5-3-1-2-4-6-15(20)18-23)11-12-7-9-13(10-8-12)17-16(21)22/h7-10,17,23H,1-6,11H2,(H,18,20)(H,21,22). The number of ketones is 1. The summed E-state index contributed by atoms with van der Waals surface area (Å²) in [4.78, 5) is 33.1. The number of benzene rings is 1. The smallest absolute Gasteiger partial charge is 0.409 e. The first-order valence-electron chi connectivity index (χ1n) is 7.55. The van der Waals surface area contributed by atoms with E-state index in [4.69, 9.17) is 10.3 Å². The van der Waals surface area contributed by atoms with E-state index < -0.39 is 6.09 Å². The summed E-state index contributed by atoms with van der Waals surface area (Å²) in [5.41, 5.74) is 2.91. The molecule has 0 aliphatic rings. The van der Waals surface area contributed by atoms with Crippen LogP contribution in [0.3, 0.4) is 0 Å². The van der Waals surface area contributed by atoms with Crippen LogP contribution < -0.4 is 10.8 Å². The summed E-state index contributed by atoms with van der Waals surface area (Å²) >= 11 is 0. The fourth-order valence-electron chi connectivity index (χ4n) is 2.16. The Labute approximate surface area is 134 Å². The van der Waals surface area contributed by atoms with Gasteiger partial charge in [-0.2, -0.15) is 0 Å². The van der Waals surface area contributed by atoms with E-state index in [0.717, 1.165) is 24.8 Å². The molecule has 1 aromatic rings. The van der Waals surface area contributed by atoms with Crippen molar-refractivity contribution in [1.29, 1.82) is 0 Å². The van der Waals surface area contributed by atoms with Crippen molar-refractivity contribution >= 4 is 23.5 Å². The average Bonchev–Trinajstić information content (AvgIpc) is 2.51.